The fourth-order valence-corrected chi connectivity index (χ4v) is 3.53. The third-order valence-electron chi connectivity index (χ3n) is 5.16. The second-order valence-electron chi connectivity index (χ2n) is 8.61. The molecule has 2 aromatic heterocycles. The van der Waals surface area contributed by atoms with Crippen molar-refractivity contribution in [3.05, 3.63) is 76.5 Å². The van der Waals surface area contributed by atoms with Crippen molar-refractivity contribution in [2.24, 2.45) is 0 Å². The summed E-state index contributed by atoms with van der Waals surface area (Å²) in [7, 11) is 0. The normalized spacial score (nSPS) is 12.0. The lowest BCUT2D eigenvalue weighted by atomic mass is 9.98. The van der Waals surface area contributed by atoms with Gasteiger partial charge in [-0.3, -0.25) is 4.57 Å². The quantitative estimate of drug-likeness (QED) is 0.498. The fourth-order valence-electron chi connectivity index (χ4n) is 3.53. The highest BCUT2D eigenvalue weighted by atomic mass is 16.2. The molecule has 0 atom stereocenters. The number of aromatic nitrogens is 7. The first-order valence-electron chi connectivity index (χ1n) is 10.7. The van der Waals surface area contributed by atoms with Gasteiger partial charge in [0, 0.05) is 5.56 Å². The highest BCUT2D eigenvalue weighted by Gasteiger charge is 2.21. The molecule has 0 saturated carbocycles. The van der Waals surface area contributed by atoms with Gasteiger partial charge in [-0.2, -0.15) is 0 Å². The topological polar surface area (TPSA) is 94.3 Å². The van der Waals surface area contributed by atoms with Crippen LogP contribution in [0.1, 0.15) is 45.5 Å². The van der Waals surface area contributed by atoms with Crippen LogP contribution in [0.4, 0.5) is 0 Å². The molecule has 1 N–H and O–H groups in total. The van der Waals surface area contributed by atoms with Crippen molar-refractivity contribution >= 4 is 6.08 Å². The zero-order valence-corrected chi connectivity index (χ0v) is 18.8. The average Bonchev–Trinajstić information content (AvgIpc) is 3.42. The third-order valence-corrected chi connectivity index (χ3v) is 5.16. The Morgan fingerprint density at radius 1 is 1.03 bits per heavy atom. The van der Waals surface area contributed by atoms with E-state index in [1.54, 1.807) is 9.25 Å². The van der Waals surface area contributed by atoms with E-state index in [1.807, 2.05) is 69.3 Å². The van der Waals surface area contributed by atoms with Gasteiger partial charge < -0.3 is 0 Å². The Morgan fingerprint density at radius 2 is 1.75 bits per heavy atom. The molecule has 4 aromatic rings. The summed E-state index contributed by atoms with van der Waals surface area (Å²) in [6, 6.07) is 16.2. The van der Waals surface area contributed by atoms with Gasteiger partial charge in [0.2, 0.25) is 0 Å². The molecule has 2 heterocycles. The lowest BCUT2D eigenvalue weighted by molar-refractivity contribution is 0.340. The Morgan fingerprint density at radius 3 is 2.38 bits per heavy atom. The van der Waals surface area contributed by atoms with Crippen molar-refractivity contribution in [1.29, 1.82) is 0 Å². The van der Waals surface area contributed by atoms with Crippen molar-refractivity contribution < 1.29 is 0 Å². The Balaban J connectivity index is 1.67. The number of allylic oxidation sites excluding steroid dienone is 1. The summed E-state index contributed by atoms with van der Waals surface area (Å²) in [5.41, 5.74) is 3.53. The molecule has 164 valence electrons. The summed E-state index contributed by atoms with van der Waals surface area (Å²) in [4.78, 5) is 13.1. The van der Waals surface area contributed by atoms with Crippen molar-refractivity contribution in [2.45, 2.75) is 46.2 Å². The van der Waals surface area contributed by atoms with Crippen LogP contribution in [0.3, 0.4) is 0 Å². The molecule has 0 aliphatic heterocycles. The molecule has 4 rings (SSSR count). The molecular weight excluding hydrogens is 402 g/mol. The van der Waals surface area contributed by atoms with Crippen LogP contribution in [0, 0.1) is 0 Å². The Labute approximate surface area is 186 Å². The summed E-state index contributed by atoms with van der Waals surface area (Å²) in [6.07, 6.45) is 4.81. The first kappa shape index (κ1) is 21.4. The fraction of sp³-hybridized carbons (Fsp3) is 0.292. The smallest absolute Gasteiger partial charge is 0.271 e. The lowest BCUT2D eigenvalue weighted by Gasteiger charge is -2.16. The van der Waals surface area contributed by atoms with Gasteiger partial charge in [-0.15, -0.1) is 10.2 Å². The molecule has 8 heteroatoms. The minimum absolute atomic E-state index is 0.111. The largest absolute Gasteiger partial charge is 0.347 e. The average molecular weight is 430 g/mol. The first-order chi connectivity index (χ1) is 15.4. The standard InChI is InChI=1S/C24H27N7O/c1-5-6-11-21-27-31(24(2,3)4)23(32)30(21)16-17-12-14-18(15-13-17)19-9-7-8-10-20(19)22-25-28-29-26-22/h6-15H,5,16H2,1-4H3,(H,25,26,28,29). The Bertz CT molecular complexity index is 1270. The van der Waals surface area contributed by atoms with Crippen molar-refractivity contribution in [1.82, 2.24) is 35.0 Å². The second kappa shape index (κ2) is 8.74. The number of nitrogens with one attached hydrogen (secondary N) is 1. The van der Waals surface area contributed by atoms with E-state index >= 15 is 0 Å². The van der Waals surface area contributed by atoms with E-state index in [9.17, 15) is 4.79 Å². The Kier molecular flexibility index (Phi) is 5.85. The third kappa shape index (κ3) is 4.30. The van der Waals surface area contributed by atoms with E-state index in [4.69, 9.17) is 0 Å². The number of rotatable bonds is 6. The number of tetrazole rings is 1. The molecular formula is C24H27N7O. The molecule has 2 aromatic carbocycles. The monoisotopic (exact) mass is 429 g/mol. The van der Waals surface area contributed by atoms with Gasteiger partial charge in [-0.05, 0) is 60.4 Å². The highest BCUT2D eigenvalue weighted by Crippen LogP contribution is 2.29. The van der Waals surface area contributed by atoms with Gasteiger partial charge in [-0.1, -0.05) is 61.5 Å². The van der Waals surface area contributed by atoms with Crippen LogP contribution in [0.5, 0.6) is 0 Å². The van der Waals surface area contributed by atoms with Gasteiger partial charge in [-0.25, -0.2) is 14.6 Å². The molecule has 0 bridgehead atoms. The van der Waals surface area contributed by atoms with E-state index in [0.29, 0.717) is 18.2 Å². The maximum Gasteiger partial charge on any atom is 0.347 e. The molecule has 0 radical (unpaired) electrons. The van der Waals surface area contributed by atoms with Crippen LogP contribution in [0.15, 0.2) is 59.4 Å². The number of H-pyrrole nitrogens is 1. The molecule has 0 amide bonds. The van der Waals surface area contributed by atoms with Gasteiger partial charge in [0.05, 0.1) is 12.1 Å². The highest BCUT2D eigenvalue weighted by molar-refractivity contribution is 5.80. The zero-order chi connectivity index (χ0) is 22.7. The summed E-state index contributed by atoms with van der Waals surface area (Å²) in [6.45, 7) is 8.46. The number of nitrogens with zero attached hydrogens (tertiary/aromatic N) is 6. The van der Waals surface area contributed by atoms with Gasteiger partial charge in [0.25, 0.3) is 0 Å². The molecule has 0 aliphatic carbocycles. The van der Waals surface area contributed by atoms with Crippen LogP contribution in [0.2, 0.25) is 0 Å². The van der Waals surface area contributed by atoms with Gasteiger partial charge >= 0.3 is 5.69 Å². The van der Waals surface area contributed by atoms with Crippen LogP contribution in [-0.4, -0.2) is 35.0 Å². The number of benzene rings is 2. The SMILES string of the molecule is CCC=Cc1nn(C(C)(C)C)c(=O)n1Cc1ccc(-c2ccccc2-c2nnn[nH]2)cc1. The van der Waals surface area contributed by atoms with E-state index < -0.39 is 0 Å². The summed E-state index contributed by atoms with van der Waals surface area (Å²) in [5.74, 6) is 1.29. The summed E-state index contributed by atoms with van der Waals surface area (Å²) < 4.78 is 3.28. The maximum absolute atomic E-state index is 13.1. The van der Waals surface area contributed by atoms with Crippen molar-refractivity contribution in [3.63, 3.8) is 0 Å². The van der Waals surface area contributed by atoms with Crippen LogP contribution in [0.25, 0.3) is 28.6 Å². The molecule has 0 unspecified atom stereocenters. The number of hydrogen-bond donors (Lipinski definition) is 1. The number of aromatic amines is 1. The predicted octanol–water partition coefficient (Wildman–Crippen LogP) is 4.12. The molecule has 0 aliphatic rings. The van der Waals surface area contributed by atoms with E-state index in [-0.39, 0.29) is 11.2 Å². The summed E-state index contributed by atoms with van der Waals surface area (Å²) in [5, 5.41) is 18.8. The minimum atomic E-state index is -0.389. The maximum atomic E-state index is 13.1. The number of hydrogen-bond acceptors (Lipinski definition) is 5. The lowest BCUT2D eigenvalue weighted by Crippen LogP contribution is -2.35. The zero-order valence-electron chi connectivity index (χ0n) is 18.8. The minimum Gasteiger partial charge on any atom is -0.271 e. The molecule has 32 heavy (non-hydrogen) atoms. The van der Waals surface area contributed by atoms with E-state index in [0.717, 1.165) is 28.7 Å². The van der Waals surface area contributed by atoms with Crippen molar-refractivity contribution in [3.8, 4) is 22.5 Å². The van der Waals surface area contributed by atoms with Crippen LogP contribution >= 0.6 is 0 Å². The predicted molar refractivity (Wildman–Crippen MR) is 125 cm³/mol. The van der Waals surface area contributed by atoms with Crippen LogP contribution in [-0.2, 0) is 12.1 Å². The second-order valence-corrected chi connectivity index (χ2v) is 8.61. The summed E-state index contributed by atoms with van der Waals surface area (Å²) >= 11 is 0. The first-order valence-corrected chi connectivity index (χ1v) is 10.7. The van der Waals surface area contributed by atoms with E-state index in [1.165, 1.54) is 0 Å². The molecule has 0 spiro atoms. The van der Waals surface area contributed by atoms with Gasteiger partial charge in [0.15, 0.2) is 11.6 Å². The van der Waals surface area contributed by atoms with Crippen LogP contribution < -0.4 is 5.69 Å². The Hall–Kier alpha value is -3.81. The molecule has 0 fully saturated rings. The molecule has 8 nitrogen and oxygen atoms in total. The van der Waals surface area contributed by atoms with Crippen molar-refractivity contribution in [2.75, 3.05) is 0 Å². The van der Waals surface area contributed by atoms with E-state index in [2.05, 4.69) is 44.8 Å². The molecule has 0 saturated heterocycles. The van der Waals surface area contributed by atoms with Gasteiger partial charge in [0.1, 0.15) is 0 Å².